The first-order valence-electron chi connectivity index (χ1n) is 18.5. The van der Waals surface area contributed by atoms with Crippen molar-refractivity contribution in [2.75, 3.05) is 0 Å². The fourth-order valence-corrected chi connectivity index (χ4v) is 9.25. The standard InChI is InChI=1S/C51H31N3S/c1-3-13-34(14-4-1)49-52-50(35-15-5-2-6-16-35)54-51(53-49)37-30-44(48-43-21-11-12-22-46(43)55-47(48)31-37)33-25-23-32(24-26-33)36-27-28-42-40-19-8-7-17-38(40)39-18-9-10-20-41(39)45(42)29-36/h1-31H. The van der Waals surface area contributed by atoms with E-state index in [1.807, 2.05) is 47.7 Å². The Bertz CT molecular complexity index is 3150. The van der Waals surface area contributed by atoms with Crippen molar-refractivity contribution in [3.8, 4) is 56.4 Å². The summed E-state index contributed by atoms with van der Waals surface area (Å²) in [5, 5.41) is 10.2. The molecule has 4 heteroatoms. The van der Waals surface area contributed by atoms with Crippen LogP contribution in [0.15, 0.2) is 188 Å². The molecule has 0 unspecified atom stereocenters. The Morgan fingerprint density at radius 2 is 0.727 bits per heavy atom. The smallest absolute Gasteiger partial charge is 0.164 e. The topological polar surface area (TPSA) is 38.7 Å². The van der Waals surface area contributed by atoms with Gasteiger partial charge in [-0.1, -0.05) is 164 Å². The van der Waals surface area contributed by atoms with Crippen LogP contribution in [-0.2, 0) is 0 Å². The lowest BCUT2D eigenvalue weighted by atomic mass is 9.91. The van der Waals surface area contributed by atoms with Crippen LogP contribution in [0.1, 0.15) is 0 Å². The highest BCUT2D eigenvalue weighted by Crippen LogP contribution is 2.43. The quantitative estimate of drug-likeness (QED) is 0.166. The first-order valence-corrected chi connectivity index (χ1v) is 19.3. The van der Waals surface area contributed by atoms with Crippen LogP contribution in [0.2, 0.25) is 0 Å². The lowest BCUT2D eigenvalue weighted by molar-refractivity contribution is 1.07. The van der Waals surface area contributed by atoms with Gasteiger partial charge in [0.25, 0.3) is 0 Å². The third-order valence-corrected chi connectivity index (χ3v) is 11.8. The molecule has 0 saturated heterocycles. The van der Waals surface area contributed by atoms with Gasteiger partial charge in [-0.3, -0.25) is 0 Å². The molecule has 0 aliphatic heterocycles. The molecule has 0 N–H and O–H groups in total. The fraction of sp³-hybridized carbons (Fsp3) is 0. The molecule has 2 heterocycles. The normalized spacial score (nSPS) is 11.6. The molecule has 11 rings (SSSR count). The lowest BCUT2D eigenvalue weighted by Crippen LogP contribution is -2.00. The molecule has 0 spiro atoms. The van der Waals surface area contributed by atoms with Gasteiger partial charge in [0, 0.05) is 36.9 Å². The Morgan fingerprint density at radius 1 is 0.273 bits per heavy atom. The predicted molar refractivity (Wildman–Crippen MR) is 232 cm³/mol. The Hall–Kier alpha value is -7.01. The second kappa shape index (κ2) is 12.8. The van der Waals surface area contributed by atoms with Crippen LogP contribution in [0.4, 0.5) is 0 Å². The fourth-order valence-electron chi connectivity index (χ4n) is 8.08. The van der Waals surface area contributed by atoms with Crippen molar-refractivity contribution in [1.82, 2.24) is 15.0 Å². The Balaban J connectivity index is 1.07. The largest absolute Gasteiger partial charge is 0.208 e. The summed E-state index contributed by atoms with van der Waals surface area (Å²) in [7, 11) is 0. The van der Waals surface area contributed by atoms with Crippen LogP contribution in [0.5, 0.6) is 0 Å². The average molecular weight is 718 g/mol. The van der Waals surface area contributed by atoms with Gasteiger partial charge in [-0.2, -0.15) is 0 Å². The number of hydrogen-bond acceptors (Lipinski definition) is 4. The van der Waals surface area contributed by atoms with Crippen molar-refractivity contribution >= 4 is 63.8 Å². The van der Waals surface area contributed by atoms with Gasteiger partial charge in [-0.05, 0) is 78.8 Å². The number of nitrogens with zero attached hydrogens (tertiary/aromatic N) is 3. The van der Waals surface area contributed by atoms with Crippen molar-refractivity contribution in [3.05, 3.63) is 188 Å². The minimum atomic E-state index is 0.654. The summed E-state index contributed by atoms with van der Waals surface area (Å²) in [5.74, 6) is 1.96. The molecule has 0 aliphatic carbocycles. The van der Waals surface area contributed by atoms with Crippen LogP contribution >= 0.6 is 11.3 Å². The maximum absolute atomic E-state index is 5.10. The molecule has 0 saturated carbocycles. The zero-order valence-electron chi connectivity index (χ0n) is 29.6. The van der Waals surface area contributed by atoms with E-state index < -0.39 is 0 Å². The van der Waals surface area contributed by atoms with Crippen LogP contribution in [0, 0.1) is 0 Å². The molecule has 9 aromatic carbocycles. The van der Waals surface area contributed by atoms with Crippen molar-refractivity contribution in [1.29, 1.82) is 0 Å². The van der Waals surface area contributed by atoms with E-state index in [1.165, 1.54) is 63.6 Å². The summed E-state index contributed by atoms with van der Waals surface area (Å²) in [6.45, 7) is 0. The van der Waals surface area contributed by atoms with E-state index in [2.05, 4.69) is 152 Å². The minimum Gasteiger partial charge on any atom is -0.208 e. The maximum Gasteiger partial charge on any atom is 0.164 e. The zero-order valence-corrected chi connectivity index (χ0v) is 30.5. The first kappa shape index (κ1) is 31.5. The SMILES string of the molecule is c1ccc(-c2nc(-c3ccccc3)nc(-c3cc(-c4ccc(-c5ccc6c7ccccc7c7ccccc7c6c5)cc4)c4c(c3)sc3ccccc34)n2)cc1. The molecule has 55 heavy (non-hydrogen) atoms. The predicted octanol–water partition coefficient (Wildman–Crippen LogP) is 14.0. The molecule has 0 atom stereocenters. The van der Waals surface area contributed by atoms with Crippen molar-refractivity contribution < 1.29 is 0 Å². The van der Waals surface area contributed by atoms with E-state index in [-0.39, 0.29) is 0 Å². The van der Waals surface area contributed by atoms with Gasteiger partial charge in [0.05, 0.1) is 0 Å². The Morgan fingerprint density at radius 3 is 1.33 bits per heavy atom. The van der Waals surface area contributed by atoms with Crippen molar-refractivity contribution in [2.24, 2.45) is 0 Å². The zero-order chi connectivity index (χ0) is 36.3. The van der Waals surface area contributed by atoms with E-state index in [9.17, 15) is 0 Å². The van der Waals surface area contributed by atoms with E-state index in [4.69, 9.17) is 15.0 Å². The van der Waals surface area contributed by atoms with Crippen LogP contribution in [0.3, 0.4) is 0 Å². The number of aromatic nitrogens is 3. The molecule has 3 nitrogen and oxygen atoms in total. The van der Waals surface area contributed by atoms with E-state index in [1.54, 1.807) is 0 Å². The highest BCUT2D eigenvalue weighted by atomic mass is 32.1. The van der Waals surface area contributed by atoms with Gasteiger partial charge in [0.15, 0.2) is 17.5 Å². The molecule has 0 fully saturated rings. The first-order chi connectivity index (χ1) is 27.2. The molecule has 2 aromatic heterocycles. The molecule has 0 amide bonds. The van der Waals surface area contributed by atoms with E-state index in [0.29, 0.717) is 17.5 Å². The second-order valence-electron chi connectivity index (χ2n) is 14.0. The van der Waals surface area contributed by atoms with Gasteiger partial charge < -0.3 is 0 Å². The van der Waals surface area contributed by atoms with Crippen LogP contribution < -0.4 is 0 Å². The molecule has 0 aliphatic rings. The number of benzene rings is 9. The van der Waals surface area contributed by atoms with Gasteiger partial charge >= 0.3 is 0 Å². The van der Waals surface area contributed by atoms with Crippen molar-refractivity contribution in [3.63, 3.8) is 0 Å². The lowest BCUT2D eigenvalue weighted by Gasteiger charge is -2.13. The Kier molecular flexibility index (Phi) is 7.35. The summed E-state index contributed by atoms with van der Waals surface area (Å²) < 4.78 is 2.46. The third-order valence-electron chi connectivity index (χ3n) is 10.7. The minimum absolute atomic E-state index is 0.654. The summed E-state index contributed by atoms with van der Waals surface area (Å²) >= 11 is 1.81. The number of hydrogen-bond donors (Lipinski definition) is 0. The average Bonchev–Trinajstić information content (AvgIpc) is 3.65. The van der Waals surface area contributed by atoms with E-state index in [0.717, 1.165) is 27.8 Å². The van der Waals surface area contributed by atoms with E-state index >= 15 is 0 Å². The second-order valence-corrected chi connectivity index (χ2v) is 15.0. The van der Waals surface area contributed by atoms with Crippen LogP contribution in [0.25, 0.3) is 109 Å². The summed E-state index contributed by atoms with van der Waals surface area (Å²) in [6.07, 6.45) is 0. The summed E-state index contributed by atoms with van der Waals surface area (Å²) in [5.41, 5.74) is 7.57. The van der Waals surface area contributed by atoms with Gasteiger partial charge in [-0.25, -0.2) is 15.0 Å². The van der Waals surface area contributed by atoms with Gasteiger partial charge in [-0.15, -0.1) is 11.3 Å². The highest BCUT2D eigenvalue weighted by Gasteiger charge is 2.18. The molecule has 0 bridgehead atoms. The molecule has 0 radical (unpaired) electrons. The third kappa shape index (κ3) is 5.38. The molecule has 256 valence electrons. The maximum atomic E-state index is 5.10. The molecular formula is C51H31N3S. The number of fused-ring (bicyclic) bond motifs is 9. The highest BCUT2D eigenvalue weighted by molar-refractivity contribution is 7.26. The number of thiophene rings is 1. The number of rotatable bonds is 5. The summed E-state index contributed by atoms with van der Waals surface area (Å²) in [6, 6.07) is 67.0. The monoisotopic (exact) mass is 717 g/mol. The van der Waals surface area contributed by atoms with Gasteiger partial charge in [0.2, 0.25) is 0 Å². The summed E-state index contributed by atoms with van der Waals surface area (Å²) in [4.78, 5) is 15.1. The van der Waals surface area contributed by atoms with Gasteiger partial charge in [0.1, 0.15) is 0 Å². The molecular weight excluding hydrogens is 687 g/mol. The Labute approximate surface area is 321 Å². The molecule has 11 aromatic rings. The van der Waals surface area contributed by atoms with Crippen LogP contribution in [-0.4, -0.2) is 15.0 Å². The van der Waals surface area contributed by atoms with Crippen molar-refractivity contribution in [2.45, 2.75) is 0 Å².